The number of rotatable bonds is 6. The van der Waals surface area contributed by atoms with Crippen molar-refractivity contribution in [1.29, 1.82) is 0 Å². The molecule has 3 rings (SSSR count). The number of anilines is 2. The van der Waals surface area contributed by atoms with Gasteiger partial charge in [-0.3, -0.25) is 9.69 Å². The van der Waals surface area contributed by atoms with Gasteiger partial charge in [-0.1, -0.05) is 57.5 Å². The number of carbonyl (C=O) groups excluding carboxylic acids is 1. The number of alkyl halides is 3. The quantitative estimate of drug-likeness (QED) is 0.568. The number of para-hydroxylation sites is 1. The lowest BCUT2D eigenvalue weighted by Gasteiger charge is -2.35. The summed E-state index contributed by atoms with van der Waals surface area (Å²) in [5.41, 5.74) is 2.26. The molecule has 1 aliphatic heterocycles. The van der Waals surface area contributed by atoms with Crippen molar-refractivity contribution < 1.29 is 18.0 Å². The van der Waals surface area contributed by atoms with E-state index in [-0.39, 0.29) is 29.3 Å². The van der Waals surface area contributed by atoms with Gasteiger partial charge >= 0.3 is 6.18 Å². The Balaban J connectivity index is 1.62. The summed E-state index contributed by atoms with van der Waals surface area (Å²) < 4.78 is 38.6. The van der Waals surface area contributed by atoms with Crippen LogP contribution in [0.1, 0.15) is 56.2 Å². The summed E-state index contributed by atoms with van der Waals surface area (Å²) in [6, 6.07) is 7.03. The SMILES string of the molecule is CC(C)c1cccc(C(C)C)c1NC(=O)CN1CCN(c2ncc(C(F)(F)F)cc2Cl)CC1. The minimum absolute atomic E-state index is 0.0254. The number of hydrogen-bond donors (Lipinski definition) is 1. The molecule has 1 aromatic heterocycles. The van der Waals surface area contributed by atoms with Crippen molar-refractivity contribution in [3.8, 4) is 0 Å². The number of pyridine rings is 1. The molecule has 9 heteroatoms. The number of amides is 1. The summed E-state index contributed by atoms with van der Waals surface area (Å²) in [5.74, 6) is 0.817. The Bertz CT molecular complexity index is 960. The van der Waals surface area contributed by atoms with Crippen molar-refractivity contribution in [3.05, 3.63) is 52.2 Å². The minimum Gasteiger partial charge on any atom is -0.353 e. The third-order valence-corrected chi connectivity index (χ3v) is 6.10. The summed E-state index contributed by atoms with van der Waals surface area (Å²) in [4.78, 5) is 20.7. The van der Waals surface area contributed by atoms with Gasteiger partial charge < -0.3 is 10.2 Å². The van der Waals surface area contributed by atoms with Gasteiger partial charge in [-0.15, -0.1) is 0 Å². The van der Waals surface area contributed by atoms with E-state index >= 15 is 0 Å². The lowest BCUT2D eigenvalue weighted by atomic mass is 9.92. The molecule has 0 bridgehead atoms. The molecular weight excluding hydrogens is 453 g/mol. The van der Waals surface area contributed by atoms with Gasteiger partial charge in [0.2, 0.25) is 5.91 Å². The fourth-order valence-electron chi connectivity index (χ4n) is 4.01. The van der Waals surface area contributed by atoms with Crippen LogP contribution in [0.2, 0.25) is 5.02 Å². The average Bonchev–Trinajstić information content (AvgIpc) is 2.73. The maximum atomic E-state index is 12.9. The second kappa shape index (κ2) is 10.3. The van der Waals surface area contributed by atoms with Crippen LogP contribution in [0.4, 0.5) is 24.7 Å². The van der Waals surface area contributed by atoms with Crippen molar-refractivity contribution in [2.24, 2.45) is 0 Å². The Morgan fingerprint density at radius 2 is 1.67 bits per heavy atom. The van der Waals surface area contributed by atoms with Crippen molar-refractivity contribution in [1.82, 2.24) is 9.88 Å². The molecule has 1 aromatic carbocycles. The molecule has 1 aliphatic rings. The zero-order chi connectivity index (χ0) is 24.3. The molecule has 0 unspecified atom stereocenters. The largest absolute Gasteiger partial charge is 0.417 e. The van der Waals surface area contributed by atoms with Crippen molar-refractivity contribution >= 4 is 29.0 Å². The minimum atomic E-state index is -4.48. The Morgan fingerprint density at radius 1 is 1.09 bits per heavy atom. The lowest BCUT2D eigenvalue weighted by Crippen LogP contribution is -2.49. The first-order chi connectivity index (χ1) is 15.5. The van der Waals surface area contributed by atoms with Gasteiger partial charge in [0, 0.05) is 38.1 Å². The fraction of sp³-hybridized carbons (Fsp3) is 0.500. The molecule has 1 N–H and O–H groups in total. The second-order valence-corrected chi connectivity index (χ2v) is 9.37. The first-order valence-electron chi connectivity index (χ1n) is 11.1. The second-order valence-electron chi connectivity index (χ2n) is 8.96. The van der Waals surface area contributed by atoms with Crippen molar-refractivity contribution in [3.63, 3.8) is 0 Å². The molecule has 1 saturated heterocycles. The maximum Gasteiger partial charge on any atom is 0.417 e. The molecule has 2 aromatic rings. The van der Waals surface area contributed by atoms with Crippen LogP contribution in [-0.4, -0.2) is 48.5 Å². The smallest absolute Gasteiger partial charge is 0.353 e. The predicted molar refractivity (Wildman–Crippen MR) is 126 cm³/mol. The summed E-state index contributed by atoms with van der Waals surface area (Å²) in [6.45, 7) is 10.9. The standard InChI is InChI=1S/C24H30ClF3N4O/c1-15(2)18-6-5-7-19(16(3)4)22(18)30-21(33)14-31-8-10-32(11-9-31)23-20(25)12-17(13-29-23)24(26,27)28/h5-7,12-13,15-16H,8-11,14H2,1-4H3,(H,30,33). The summed E-state index contributed by atoms with van der Waals surface area (Å²) in [7, 11) is 0. The highest BCUT2D eigenvalue weighted by Crippen LogP contribution is 2.34. The number of nitrogens with one attached hydrogen (secondary N) is 1. The van der Waals surface area contributed by atoms with Crippen LogP contribution >= 0.6 is 11.6 Å². The van der Waals surface area contributed by atoms with E-state index in [0.29, 0.717) is 32.0 Å². The molecule has 1 amide bonds. The van der Waals surface area contributed by atoms with E-state index in [1.165, 1.54) is 0 Å². The molecule has 0 saturated carbocycles. The molecule has 2 heterocycles. The topological polar surface area (TPSA) is 48.5 Å². The van der Waals surface area contributed by atoms with Crippen LogP contribution in [0.25, 0.3) is 0 Å². The van der Waals surface area contributed by atoms with Gasteiger partial charge in [-0.05, 0) is 29.0 Å². The molecule has 33 heavy (non-hydrogen) atoms. The first kappa shape index (κ1) is 25.3. The number of aromatic nitrogens is 1. The van der Waals surface area contributed by atoms with Crippen LogP contribution in [0.3, 0.4) is 0 Å². The van der Waals surface area contributed by atoms with Crippen LogP contribution in [0, 0.1) is 0 Å². The van der Waals surface area contributed by atoms with E-state index in [9.17, 15) is 18.0 Å². The number of hydrogen-bond acceptors (Lipinski definition) is 4. The third-order valence-electron chi connectivity index (χ3n) is 5.83. The van der Waals surface area contributed by atoms with Gasteiger partial charge in [0.1, 0.15) is 5.82 Å². The Hall–Kier alpha value is -2.32. The van der Waals surface area contributed by atoms with Crippen LogP contribution in [0.5, 0.6) is 0 Å². The first-order valence-corrected chi connectivity index (χ1v) is 11.5. The van der Waals surface area contributed by atoms with Crippen molar-refractivity contribution in [2.75, 3.05) is 42.9 Å². The summed E-state index contributed by atoms with van der Waals surface area (Å²) in [6.07, 6.45) is -3.68. The van der Waals surface area contributed by atoms with Gasteiger partial charge in [0.25, 0.3) is 0 Å². The number of halogens is 4. The molecule has 0 aliphatic carbocycles. The van der Waals surface area contributed by atoms with Crippen LogP contribution in [0.15, 0.2) is 30.5 Å². The highest BCUT2D eigenvalue weighted by molar-refractivity contribution is 6.33. The van der Waals surface area contributed by atoms with E-state index in [2.05, 4.69) is 38.0 Å². The average molecular weight is 483 g/mol. The van der Waals surface area contributed by atoms with E-state index < -0.39 is 11.7 Å². The Labute approximate surface area is 197 Å². The molecule has 1 fully saturated rings. The summed E-state index contributed by atoms with van der Waals surface area (Å²) in [5, 5.41) is 3.10. The van der Waals surface area contributed by atoms with Crippen LogP contribution < -0.4 is 10.2 Å². The molecule has 0 spiro atoms. The van der Waals surface area contributed by atoms with Gasteiger partial charge in [-0.25, -0.2) is 4.98 Å². The van der Waals surface area contributed by atoms with Gasteiger partial charge in [0.15, 0.2) is 0 Å². The number of nitrogens with zero attached hydrogens (tertiary/aromatic N) is 3. The highest BCUT2D eigenvalue weighted by Gasteiger charge is 2.32. The fourth-order valence-corrected chi connectivity index (χ4v) is 4.30. The normalized spacial score (nSPS) is 15.4. The zero-order valence-electron chi connectivity index (χ0n) is 19.3. The number of carbonyl (C=O) groups is 1. The zero-order valence-corrected chi connectivity index (χ0v) is 20.1. The predicted octanol–water partition coefficient (Wildman–Crippen LogP) is 5.76. The number of benzene rings is 1. The third kappa shape index (κ3) is 6.18. The van der Waals surface area contributed by atoms with E-state index in [4.69, 9.17) is 11.6 Å². The molecule has 0 radical (unpaired) electrons. The highest BCUT2D eigenvalue weighted by atomic mass is 35.5. The molecule has 0 atom stereocenters. The lowest BCUT2D eigenvalue weighted by molar-refractivity contribution is -0.137. The maximum absolute atomic E-state index is 12.9. The van der Waals surface area contributed by atoms with Crippen molar-refractivity contribution in [2.45, 2.75) is 45.7 Å². The van der Waals surface area contributed by atoms with E-state index in [1.807, 2.05) is 28.0 Å². The monoisotopic (exact) mass is 482 g/mol. The Morgan fingerprint density at radius 3 is 2.15 bits per heavy atom. The molecule has 5 nitrogen and oxygen atoms in total. The molecule has 180 valence electrons. The Kier molecular flexibility index (Phi) is 7.90. The number of piperazine rings is 1. The van der Waals surface area contributed by atoms with E-state index in [1.54, 1.807) is 0 Å². The van der Waals surface area contributed by atoms with Gasteiger partial charge in [-0.2, -0.15) is 13.2 Å². The summed E-state index contributed by atoms with van der Waals surface area (Å²) >= 11 is 6.08. The molecular formula is C24H30ClF3N4O. The van der Waals surface area contributed by atoms with Gasteiger partial charge in [0.05, 0.1) is 17.1 Å². The van der Waals surface area contributed by atoms with E-state index in [0.717, 1.165) is 29.1 Å². The van der Waals surface area contributed by atoms with Crippen LogP contribution in [-0.2, 0) is 11.0 Å².